The maximum atomic E-state index is 13.7. The standard InChI is InChI=1S/C32H39FN2O3/c1-6-23(2)34-31(37)29(20-24-10-8-7-9-11-24)35(21-25-12-16-27(33)17-13-25)30(36)22-38-28-18-14-26(15-19-28)32(3,4)5/h7-19,23,29H,6,20-22H2,1-5H3,(H,34,37)/t23-,29-/m0/s1. The molecule has 202 valence electrons. The van der Waals surface area contributed by atoms with Crippen molar-refractivity contribution in [2.24, 2.45) is 0 Å². The van der Waals surface area contributed by atoms with Gasteiger partial charge in [0.1, 0.15) is 17.6 Å². The van der Waals surface area contributed by atoms with E-state index in [1.54, 1.807) is 17.0 Å². The molecule has 3 aromatic carbocycles. The lowest BCUT2D eigenvalue weighted by Crippen LogP contribution is -2.53. The van der Waals surface area contributed by atoms with Gasteiger partial charge in [0.2, 0.25) is 5.91 Å². The zero-order chi connectivity index (χ0) is 27.7. The number of amides is 2. The molecule has 1 N–H and O–H groups in total. The minimum absolute atomic E-state index is 0.00789. The van der Waals surface area contributed by atoms with Crippen molar-refractivity contribution in [1.82, 2.24) is 10.2 Å². The van der Waals surface area contributed by atoms with Crippen LogP contribution in [0.25, 0.3) is 0 Å². The summed E-state index contributed by atoms with van der Waals surface area (Å²) in [7, 11) is 0. The monoisotopic (exact) mass is 518 g/mol. The van der Waals surface area contributed by atoms with Gasteiger partial charge in [-0.05, 0) is 59.7 Å². The summed E-state index contributed by atoms with van der Waals surface area (Å²) in [4.78, 5) is 28.7. The molecule has 2 amide bonds. The van der Waals surface area contributed by atoms with Crippen molar-refractivity contribution < 1.29 is 18.7 Å². The van der Waals surface area contributed by atoms with Gasteiger partial charge in [0.05, 0.1) is 0 Å². The maximum absolute atomic E-state index is 13.7. The highest BCUT2D eigenvalue weighted by Crippen LogP contribution is 2.24. The minimum atomic E-state index is -0.768. The van der Waals surface area contributed by atoms with Gasteiger partial charge in [0, 0.05) is 19.0 Å². The summed E-state index contributed by atoms with van der Waals surface area (Å²) < 4.78 is 19.5. The van der Waals surface area contributed by atoms with Crippen LogP contribution in [0, 0.1) is 5.82 Å². The van der Waals surface area contributed by atoms with Gasteiger partial charge in [0.25, 0.3) is 5.91 Å². The molecule has 5 nitrogen and oxygen atoms in total. The summed E-state index contributed by atoms with van der Waals surface area (Å²) in [5.41, 5.74) is 2.84. The molecule has 0 heterocycles. The zero-order valence-corrected chi connectivity index (χ0v) is 23.0. The molecule has 0 aliphatic rings. The van der Waals surface area contributed by atoms with Crippen molar-refractivity contribution >= 4 is 11.8 Å². The summed E-state index contributed by atoms with van der Waals surface area (Å²) >= 11 is 0. The van der Waals surface area contributed by atoms with E-state index >= 15 is 0 Å². The van der Waals surface area contributed by atoms with E-state index in [0.717, 1.165) is 17.5 Å². The van der Waals surface area contributed by atoms with Crippen LogP contribution in [0.15, 0.2) is 78.9 Å². The van der Waals surface area contributed by atoms with Gasteiger partial charge in [-0.3, -0.25) is 9.59 Å². The van der Waals surface area contributed by atoms with E-state index in [0.29, 0.717) is 12.2 Å². The molecule has 3 aromatic rings. The Morgan fingerprint density at radius 3 is 2.13 bits per heavy atom. The van der Waals surface area contributed by atoms with Gasteiger partial charge in [0.15, 0.2) is 6.61 Å². The topological polar surface area (TPSA) is 58.6 Å². The number of benzene rings is 3. The molecule has 3 rings (SSSR count). The second kappa shape index (κ2) is 13.2. The second-order valence-corrected chi connectivity index (χ2v) is 10.7. The lowest BCUT2D eigenvalue weighted by molar-refractivity contribution is -0.143. The molecule has 0 spiro atoms. The minimum Gasteiger partial charge on any atom is -0.484 e. The van der Waals surface area contributed by atoms with Crippen molar-refractivity contribution in [3.8, 4) is 5.75 Å². The number of ether oxygens (including phenoxy) is 1. The number of hydrogen-bond donors (Lipinski definition) is 1. The Hall–Kier alpha value is -3.67. The number of halogens is 1. The highest BCUT2D eigenvalue weighted by atomic mass is 19.1. The van der Waals surface area contributed by atoms with Gasteiger partial charge in [-0.1, -0.05) is 82.3 Å². The van der Waals surface area contributed by atoms with Crippen molar-refractivity contribution in [2.45, 2.75) is 71.5 Å². The van der Waals surface area contributed by atoms with E-state index in [-0.39, 0.29) is 42.2 Å². The second-order valence-electron chi connectivity index (χ2n) is 10.7. The fourth-order valence-corrected chi connectivity index (χ4v) is 4.06. The van der Waals surface area contributed by atoms with E-state index in [1.165, 1.54) is 17.7 Å². The molecule has 0 aliphatic heterocycles. The lowest BCUT2D eigenvalue weighted by Gasteiger charge is -2.32. The van der Waals surface area contributed by atoms with E-state index in [4.69, 9.17) is 4.74 Å². The van der Waals surface area contributed by atoms with Crippen molar-refractivity contribution in [1.29, 1.82) is 0 Å². The van der Waals surface area contributed by atoms with Gasteiger partial charge in [-0.25, -0.2) is 4.39 Å². The summed E-state index contributed by atoms with van der Waals surface area (Å²) in [5, 5.41) is 3.04. The molecule has 0 aliphatic carbocycles. The highest BCUT2D eigenvalue weighted by Gasteiger charge is 2.31. The summed E-state index contributed by atoms with van der Waals surface area (Å²) in [5.74, 6) is -0.330. The third kappa shape index (κ3) is 8.44. The molecular formula is C32H39FN2O3. The van der Waals surface area contributed by atoms with Crippen LogP contribution in [0.1, 0.15) is 57.7 Å². The zero-order valence-electron chi connectivity index (χ0n) is 23.0. The summed E-state index contributed by atoms with van der Waals surface area (Å²) in [6.07, 6.45) is 1.11. The van der Waals surface area contributed by atoms with E-state index < -0.39 is 6.04 Å². The van der Waals surface area contributed by atoms with Crippen LogP contribution in [-0.2, 0) is 28.0 Å². The van der Waals surface area contributed by atoms with Crippen molar-refractivity contribution in [3.05, 3.63) is 101 Å². The summed E-state index contributed by atoms with van der Waals surface area (Å²) in [6.45, 7) is 10.3. The molecule has 0 saturated heterocycles. The smallest absolute Gasteiger partial charge is 0.261 e. The number of rotatable bonds is 11. The predicted molar refractivity (Wildman–Crippen MR) is 149 cm³/mol. The molecule has 0 unspecified atom stereocenters. The van der Waals surface area contributed by atoms with E-state index in [2.05, 4.69) is 26.1 Å². The SMILES string of the molecule is CC[C@H](C)NC(=O)[C@H](Cc1ccccc1)N(Cc1ccc(F)cc1)C(=O)COc1ccc(C(C)(C)C)cc1. The Labute approximate surface area is 226 Å². The number of nitrogens with one attached hydrogen (secondary N) is 1. The van der Waals surface area contributed by atoms with Crippen molar-refractivity contribution in [2.75, 3.05) is 6.61 Å². The third-order valence-corrected chi connectivity index (χ3v) is 6.62. The van der Waals surface area contributed by atoms with E-state index in [9.17, 15) is 14.0 Å². The first-order valence-corrected chi connectivity index (χ1v) is 13.2. The van der Waals surface area contributed by atoms with Crippen LogP contribution >= 0.6 is 0 Å². The maximum Gasteiger partial charge on any atom is 0.261 e. The predicted octanol–water partition coefficient (Wildman–Crippen LogP) is 6.06. The largest absolute Gasteiger partial charge is 0.484 e. The fraction of sp³-hybridized carbons (Fsp3) is 0.375. The molecule has 0 radical (unpaired) electrons. The molecule has 0 bridgehead atoms. The number of nitrogens with zero attached hydrogens (tertiary/aromatic N) is 1. The lowest BCUT2D eigenvalue weighted by atomic mass is 9.87. The molecular weight excluding hydrogens is 479 g/mol. The van der Waals surface area contributed by atoms with Crippen LogP contribution in [0.3, 0.4) is 0 Å². The van der Waals surface area contributed by atoms with Gasteiger partial charge < -0.3 is 15.0 Å². The molecule has 0 aromatic heterocycles. The first-order valence-electron chi connectivity index (χ1n) is 13.2. The van der Waals surface area contributed by atoms with Gasteiger partial charge in [-0.2, -0.15) is 0 Å². The highest BCUT2D eigenvalue weighted by molar-refractivity contribution is 5.88. The Morgan fingerprint density at radius 1 is 0.921 bits per heavy atom. The van der Waals surface area contributed by atoms with Crippen LogP contribution in [0.4, 0.5) is 4.39 Å². The van der Waals surface area contributed by atoms with Gasteiger partial charge in [-0.15, -0.1) is 0 Å². The number of hydrogen-bond acceptors (Lipinski definition) is 3. The fourth-order valence-electron chi connectivity index (χ4n) is 4.06. The van der Waals surface area contributed by atoms with Crippen molar-refractivity contribution in [3.63, 3.8) is 0 Å². The number of carbonyl (C=O) groups excluding carboxylic acids is 2. The Bertz CT molecular complexity index is 1170. The van der Waals surface area contributed by atoms with Gasteiger partial charge >= 0.3 is 0 Å². The quantitative estimate of drug-likeness (QED) is 0.336. The number of carbonyl (C=O) groups is 2. The van der Waals surface area contributed by atoms with Crippen LogP contribution in [0.5, 0.6) is 5.75 Å². The van der Waals surface area contributed by atoms with Crippen LogP contribution in [0.2, 0.25) is 0 Å². The average molecular weight is 519 g/mol. The molecule has 0 saturated carbocycles. The molecule has 38 heavy (non-hydrogen) atoms. The third-order valence-electron chi connectivity index (χ3n) is 6.62. The molecule has 6 heteroatoms. The Morgan fingerprint density at radius 2 is 1.55 bits per heavy atom. The van der Waals surface area contributed by atoms with Crippen LogP contribution in [-0.4, -0.2) is 35.4 Å². The van der Waals surface area contributed by atoms with E-state index in [1.807, 2.05) is 68.4 Å². The Balaban J connectivity index is 1.88. The summed E-state index contributed by atoms with van der Waals surface area (Å²) in [6, 6.07) is 22.5. The first kappa shape index (κ1) is 28.9. The molecule has 2 atom stereocenters. The normalized spacial score (nSPS) is 12.9. The molecule has 0 fully saturated rings. The average Bonchev–Trinajstić information content (AvgIpc) is 2.90. The Kier molecular flexibility index (Phi) is 10.1. The van der Waals surface area contributed by atoms with Crippen LogP contribution < -0.4 is 10.1 Å². The first-order chi connectivity index (χ1) is 18.1.